The molecule has 0 saturated heterocycles. The van der Waals surface area contributed by atoms with Crippen molar-refractivity contribution < 1.29 is 17.9 Å². The van der Waals surface area contributed by atoms with Crippen molar-refractivity contribution in [2.75, 3.05) is 39.7 Å². The van der Waals surface area contributed by atoms with Crippen molar-refractivity contribution in [3.05, 3.63) is 53.6 Å². The maximum Gasteiger partial charge on any atom is 0.255 e. The minimum absolute atomic E-state index is 0.0931. The molecule has 2 aromatic carbocycles. The Morgan fingerprint density at radius 3 is 2.34 bits per heavy atom. The molecule has 1 N–H and O–H groups in total. The zero-order chi connectivity index (χ0) is 21.6. The number of carbonyl (C=O) groups is 1. The number of nitrogens with zero attached hydrogens (tertiary/aromatic N) is 3. The number of rotatable bonds is 8. The largest absolute Gasteiger partial charge is 0.496 e. The number of hydrazone groups is 1. The molecule has 0 bridgehead atoms. The van der Waals surface area contributed by atoms with Gasteiger partial charge in [0.25, 0.3) is 5.91 Å². The van der Waals surface area contributed by atoms with E-state index in [9.17, 15) is 13.2 Å². The molecular formula is C20H26N4O4S. The third-order valence-corrected chi connectivity index (χ3v) is 6.05. The van der Waals surface area contributed by atoms with E-state index >= 15 is 0 Å². The van der Waals surface area contributed by atoms with E-state index in [4.69, 9.17) is 4.74 Å². The molecule has 0 atom stereocenters. The van der Waals surface area contributed by atoms with E-state index in [0.717, 1.165) is 15.6 Å². The number of likely N-dealkylation sites (N-methyl/N-ethyl adjacent to an activating group) is 1. The van der Waals surface area contributed by atoms with E-state index < -0.39 is 15.9 Å². The van der Waals surface area contributed by atoms with Gasteiger partial charge in [-0.15, -0.1) is 0 Å². The summed E-state index contributed by atoms with van der Waals surface area (Å²) in [5, 5.41) is 3.88. The Morgan fingerprint density at radius 1 is 1.14 bits per heavy atom. The molecule has 2 rings (SSSR count). The number of carbonyl (C=O) groups excluding carboxylic acids is 1. The zero-order valence-electron chi connectivity index (χ0n) is 17.2. The third kappa shape index (κ3) is 5.78. The second kappa shape index (κ2) is 9.53. The van der Waals surface area contributed by atoms with Crippen LogP contribution in [-0.4, -0.2) is 59.6 Å². The molecule has 0 spiro atoms. The molecule has 29 heavy (non-hydrogen) atoms. The van der Waals surface area contributed by atoms with Crippen LogP contribution in [0.2, 0.25) is 0 Å². The molecule has 0 aliphatic carbocycles. The molecule has 9 heteroatoms. The van der Waals surface area contributed by atoms with Gasteiger partial charge in [-0.2, -0.15) is 9.41 Å². The molecular weight excluding hydrogens is 392 g/mol. The molecule has 1 amide bonds. The van der Waals surface area contributed by atoms with Crippen molar-refractivity contribution in [2.24, 2.45) is 5.10 Å². The van der Waals surface area contributed by atoms with Crippen LogP contribution in [0.1, 0.15) is 11.1 Å². The Labute approximate surface area is 171 Å². The van der Waals surface area contributed by atoms with Crippen LogP contribution in [-0.2, 0) is 14.8 Å². The highest BCUT2D eigenvalue weighted by atomic mass is 32.2. The van der Waals surface area contributed by atoms with Gasteiger partial charge in [-0.1, -0.05) is 12.1 Å². The lowest BCUT2D eigenvalue weighted by Gasteiger charge is -2.17. The lowest BCUT2D eigenvalue weighted by molar-refractivity contribution is -0.121. The van der Waals surface area contributed by atoms with Gasteiger partial charge in [0.2, 0.25) is 10.0 Å². The average Bonchev–Trinajstić information content (AvgIpc) is 2.68. The first-order chi connectivity index (χ1) is 13.6. The lowest BCUT2D eigenvalue weighted by atomic mass is 10.2. The van der Waals surface area contributed by atoms with Gasteiger partial charge in [-0.3, -0.25) is 4.79 Å². The number of hydrogen-bond donors (Lipinski definition) is 1. The van der Waals surface area contributed by atoms with E-state index in [1.807, 2.05) is 43.3 Å². The number of anilines is 1. The molecule has 0 unspecified atom stereocenters. The van der Waals surface area contributed by atoms with Crippen molar-refractivity contribution in [3.8, 4) is 5.75 Å². The Hall–Kier alpha value is -2.91. The van der Waals surface area contributed by atoms with Gasteiger partial charge in [-0.25, -0.2) is 13.8 Å². The van der Waals surface area contributed by atoms with Gasteiger partial charge in [0.05, 0.1) is 24.8 Å². The standard InChI is InChI=1S/C20H26N4O4S/c1-15-12-18(10-11-19(15)28-5)29(26,27)24(4)14-20(25)22-21-13-16-6-8-17(9-7-16)23(2)3/h6-13H,14H2,1-5H3,(H,22,25)/b21-13-. The fourth-order valence-electron chi connectivity index (χ4n) is 2.55. The highest BCUT2D eigenvalue weighted by molar-refractivity contribution is 7.89. The van der Waals surface area contributed by atoms with E-state index in [-0.39, 0.29) is 11.4 Å². The number of aryl methyl sites for hydroxylation is 1. The molecule has 0 aromatic heterocycles. The monoisotopic (exact) mass is 418 g/mol. The fourth-order valence-corrected chi connectivity index (χ4v) is 3.76. The van der Waals surface area contributed by atoms with E-state index in [2.05, 4.69) is 10.5 Å². The predicted octanol–water partition coefficient (Wildman–Crippen LogP) is 1.84. The van der Waals surface area contributed by atoms with Crippen molar-refractivity contribution in [2.45, 2.75) is 11.8 Å². The molecule has 8 nitrogen and oxygen atoms in total. The minimum atomic E-state index is -3.81. The van der Waals surface area contributed by atoms with Crippen LogP contribution in [0.15, 0.2) is 52.5 Å². The van der Waals surface area contributed by atoms with Crippen molar-refractivity contribution >= 4 is 27.8 Å². The van der Waals surface area contributed by atoms with Crippen LogP contribution in [0.3, 0.4) is 0 Å². The van der Waals surface area contributed by atoms with Crippen molar-refractivity contribution in [3.63, 3.8) is 0 Å². The van der Waals surface area contributed by atoms with E-state index in [1.165, 1.54) is 32.5 Å². The number of nitrogens with one attached hydrogen (secondary N) is 1. The highest BCUT2D eigenvalue weighted by Crippen LogP contribution is 2.23. The second-order valence-corrected chi connectivity index (χ2v) is 8.72. The van der Waals surface area contributed by atoms with Gasteiger partial charge in [0, 0.05) is 26.8 Å². The first kappa shape index (κ1) is 22.4. The number of hydrogen-bond acceptors (Lipinski definition) is 6. The number of amides is 1. The molecule has 0 radical (unpaired) electrons. The van der Waals surface area contributed by atoms with Gasteiger partial charge >= 0.3 is 0 Å². The topological polar surface area (TPSA) is 91.3 Å². The molecule has 2 aromatic rings. The molecule has 156 valence electrons. The van der Waals surface area contributed by atoms with Gasteiger partial charge < -0.3 is 9.64 Å². The number of methoxy groups -OCH3 is 1. The maximum absolute atomic E-state index is 12.7. The summed E-state index contributed by atoms with van der Waals surface area (Å²) in [6, 6.07) is 12.1. The first-order valence-corrected chi connectivity index (χ1v) is 10.3. The molecule has 0 aliphatic rings. The Kier molecular flexibility index (Phi) is 7.35. The summed E-state index contributed by atoms with van der Waals surface area (Å²) in [6.07, 6.45) is 1.50. The number of ether oxygens (including phenoxy) is 1. The second-order valence-electron chi connectivity index (χ2n) is 6.67. The third-order valence-electron chi connectivity index (χ3n) is 4.25. The predicted molar refractivity (Wildman–Crippen MR) is 114 cm³/mol. The molecule has 0 heterocycles. The van der Waals surface area contributed by atoms with E-state index in [1.54, 1.807) is 13.0 Å². The van der Waals surface area contributed by atoms with Gasteiger partial charge in [0.15, 0.2) is 0 Å². The number of sulfonamides is 1. The molecule has 0 saturated carbocycles. The average molecular weight is 419 g/mol. The quantitative estimate of drug-likeness (QED) is 0.522. The Balaban J connectivity index is 1.97. The summed E-state index contributed by atoms with van der Waals surface area (Å²) in [7, 11) is 2.94. The molecule has 0 aliphatic heterocycles. The van der Waals surface area contributed by atoms with Crippen LogP contribution in [0.25, 0.3) is 0 Å². The first-order valence-electron chi connectivity index (χ1n) is 8.85. The van der Waals surface area contributed by atoms with Crippen molar-refractivity contribution in [1.29, 1.82) is 0 Å². The zero-order valence-corrected chi connectivity index (χ0v) is 18.0. The van der Waals surface area contributed by atoms with Crippen LogP contribution in [0, 0.1) is 6.92 Å². The van der Waals surface area contributed by atoms with Crippen LogP contribution in [0.5, 0.6) is 5.75 Å². The Bertz CT molecular complexity index is 986. The summed E-state index contributed by atoms with van der Waals surface area (Å²) >= 11 is 0. The summed E-state index contributed by atoms with van der Waals surface area (Å²) in [6.45, 7) is 1.40. The number of benzene rings is 2. The van der Waals surface area contributed by atoms with E-state index in [0.29, 0.717) is 11.3 Å². The summed E-state index contributed by atoms with van der Waals surface area (Å²) in [4.78, 5) is 14.1. The van der Waals surface area contributed by atoms with Crippen molar-refractivity contribution in [1.82, 2.24) is 9.73 Å². The van der Waals surface area contributed by atoms with Crippen LogP contribution in [0.4, 0.5) is 5.69 Å². The Morgan fingerprint density at radius 2 is 1.79 bits per heavy atom. The highest BCUT2D eigenvalue weighted by Gasteiger charge is 2.23. The summed E-state index contributed by atoms with van der Waals surface area (Å²) < 4.78 is 31.5. The van der Waals surface area contributed by atoms with Crippen LogP contribution >= 0.6 is 0 Å². The summed E-state index contributed by atoms with van der Waals surface area (Å²) in [5.41, 5.74) is 4.90. The van der Waals surface area contributed by atoms with Crippen LogP contribution < -0.4 is 15.1 Å². The maximum atomic E-state index is 12.7. The SMILES string of the molecule is COc1ccc(S(=O)(=O)N(C)CC(=O)N/N=C\c2ccc(N(C)C)cc2)cc1C. The smallest absolute Gasteiger partial charge is 0.255 e. The van der Waals surface area contributed by atoms with Gasteiger partial charge in [-0.05, 0) is 48.4 Å². The minimum Gasteiger partial charge on any atom is -0.496 e. The molecule has 0 fully saturated rings. The fraction of sp³-hybridized carbons (Fsp3) is 0.300. The normalized spacial score (nSPS) is 11.7. The summed E-state index contributed by atoms with van der Waals surface area (Å²) in [5.74, 6) is 0.0553. The lowest BCUT2D eigenvalue weighted by Crippen LogP contribution is -2.36. The van der Waals surface area contributed by atoms with Gasteiger partial charge in [0.1, 0.15) is 5.75 Å².